The first-order valence-electron chi connectivity index (χ1n) is 3.21. The summed E-state index contributed by atoms with van der Waals surface area (Å²) >= 11 is 0.836. The Kier molecular flexibility index (Phi) is 43.2. The van der Waals surface area contributed by atoms with Crippen LogP contribution in [0.2, 0.25) is 10.6 Å². The van der Waals surface area contributed by atoms with Gasteiger partial charge >= 0.3 is 84.8 Å². The predicted octanol–water partition coefficient (Wildman–Crippen LogP) is 3.58. The average molecular weight is 414 g/mol. The molecule has 0 aromatic heterocycles. The molecular formula is C10H20PtSe. The molecule has 0 fully saturated rings. The van der Waals surface area contributed by atoms with E-state index in [1.165, 1.54) is 23.5 Å². The molecule has 0 radical (unpaired) electrons. The van der Waals surface area contributed by atoms with Crippen molar-refractivity contribution < 1.29 is 21.1 Å². The monoisotopic (exact) mass is 415 g/mol. The van der Waals surface area contributed by atoms with Gasteiger partial charge < -0.3 is 14.9 Å². The number of hydrogen-bond donors (Lipinski definition) is 0. The first-order valence-corrected chi connectivity index (χ1v) is 5.63. The zero-order valence-electron chi connectivity index (χ0n) is 8.12. The van der Waals surface area contributed by atoms with Crippen LogP contribution in [-0.2, 0) is 21.1 Å². The topological polar surface area (TPSA) is 0 Å². The molecule has 0 saturated carbocycles. The van der Waals surface area contributed by atoms with E-state index >= 15 is 0 Å². The van der Waals surface area contributed by atoms with Gasteiger partial charge in [0.25, 0.3) is 0 Å². The minimum atomic E-state index is 0. The van der Waals surface area contributed by atoms with Gasteiger partial charge in [0.1, 0.15) is 0 Å². The Morgan fingerprint density at radius 3 is 1.50 bits per heavy atom. The second-order valence-corrected chi connectivity index (χ2v) is 4.34. The van der Waals surface area contributed by atoms with Crippen molar-refractivity contribution in [2.24, 2.45) is 0 Å². The second-order valence-electron chi connectivity index (χ2n) is 1.77. The minimum Gasteiger partial charge on any atom is -0.358 e. The number of allylic oxidation sites excluding steroid dienone is 2. The van der Waals surface area contributed by atoms with Crippen molar-refractivity contribution in [3.63, 3.8) is 0 Å². The zero-order chi connectivity index (χ0) is 6.95. The van der Waals surface area contributed by atoms with Crippen LogP contribution in [-0.4, -0.2) is 15.0 Å². The molecule has 0 rings (SSSR count). The van der Waals surface area contributed by atoms with Crippen molar-refractivity contribution in [2.45, 2.75) is 23.5 Å². The van der Waals surface area contributed by atoms with Crippen LogP contribution >= 0.6 is 0 Å². The second kappa shape index (κ2) is 22.6. The molecule has 0 aromatic carbocycles. The molecule has 12 heavy (non-hydrogen) atoms. The van der Waals surface area contributed by atoms with E-state index in [0.717, 1.165) is 15.0 Å². The van der Waals surface area contributed by atoms with Crippen LogP contribution in [0, 0.1) is 14.9 Å². The van der Waals surface area contributed by atoms with E-state index in [-0.39, 0.29) is 35.9 Å². The Morgan fingerprint density at radius 2 is 1.25 bits per heavy atom. The summed E-state index contributed by atoms with van der Waals surface area (Å²) in [6.45, 7) is 7.34. The average Bonchev–Trinajstić information content (AvgIpc) is 1.89. The van der Waals surface area contributed by atoms with Crippen molar-refractivity contribution in [1.82, 2.24) is 0 Å². The maximum atomic E-state index is 3.67. The summed E-state index contributed by atoms with van der Waals surface area (Å²) in [5.41, 5.74) is 0. The third-order valence-corrected chi connectivity index (χ3v) is 3.13. The summed E-state index contributed by atoms with van der Waals surface area (Å²) in [5, 5.41) is 2.70. The van der Waals surface area contributed by atoms with Crippen LogP contribution in [0.25, 0.3) is 0 Å². The van der Waals surface area contributed by atoms with E-state index in [1.54, 1.807) is 0 Å². The van der Waals surface area contributed by atoms with Crippen molar-refractivity contribution in [3.05, 3.63) is 40.2 Å². The molecule has 0 aromatic rings. The Bertz CT molecular complexity index is 71.9. The van der Waals surface area contributed by atoms with Gasteiger partial charge in [-0.05, 0) is 0 Å². The summed E-state index contributed by atoms with van der Waals surface area (Å²) in [7, 11) is 0. The Balaban J connectivity index is -0.000000107. The predicted molar refractivity (Wildman–Crippen MR) is 57.8 cm³/mol. The molecule has 76 valence electrons. The molecule has 0 heterocycles. The quantitative estimate of drug-likeness (QED) is 0.270. The zero-order valence-corrected chi connectivity index (χ0v) is 12.1. The van der Waals surface area contributed by atoms with E-state index < -0.39 is 0 Å². The van der Waals surface area contributed by atoms with Gasteiger partial charge in [-0.2, -0.15) is 0 Å². The van der Waals surface area contributed by atoms with Gasteiger partial charge in [0.05, 0.1) is 0 Å². The van der Waals surface area contributed by atoms with E-state index in [2.05, 4.69) is 13.2 Å². The van der Waals surface area contributed by atoms with Crippen LogP contribution < -0.4 is 0 Å². The molecule has 0 bridgehead atoms. The van der Waals surface area contributed by atoms with E-state index in [0.29, 0.717) is 0 Å². The molecule has 0 aliphatic rings. The van der Waals surface area contributed by atoms with Crippen molar-refractivity contribution >= 4 is 15.0 Å². The number of hydrogen-bond acceptors (Lipinski definition) is 0. The van der Waals surface area contributed by atoms with Gasteiger partial charge in [0.15, 0.2) is 0 Å². The first kappa shape index (κ1) is 23.0. The minimum absolute atomic E-state index is 0. The van der Waals surface area contributed by atoms with Crippen molar-refractivity contribution in [3.8, 4) is 0 Å². The molecule has 0 saturated heterocycles. The van der Waals surface area contributed by atoms with E-state index in [9.17, 15) is 0 Å². The van der Waals surface area contributed by atoms with Crippen molar-refractivity contribution in [1.29, 1.82) is 0 Å². The molecule has 0 amide bonds. The Labute approximate surface area is 99.3 Å². The van der Waals surface area contributed by atoms with E-state index in [4.69, 9.17) is 0 Å². The summed E-state index contributed by atoms with van der Waals surface area (Å²) in [6, 6.07) is 0. The van der Waals surface area contributed by atoms with Gasteiger partial charge in [-0.1, -0.05) is 0 Å². The molecule has 2 heteroatoms. The van der Waals surface area contributed by atoms with Gasteiger partial charge in [0, 0.05) is 0 Å². The Morgan fingerprint density at radius 1 is 0.917 bits per heavy atom. The fourth-order valence-corrected chi connectivity index (χ4v) is 2.26. The van der Waals surface area contributed by atoms with Gasteiger partial charge in [0.2, 0.25) is 0 Å². The van der Waals surface area contributed by atoms with Gasteiger partial charge in [-0.15, -0.1) is 0 Å². The maximum absolute atomic E-state index is 3.67. The standard InChI is InChI=1S/C8H14Se.2CH3.Pt/c1-3-5-7-9-8-6-4-2;;;/h3-4H,1-2,5-8H2;2*1H3;/q;2*-1;+2. The summed E-state index contributed by atoms with van der Waals surface area (Å²) in [5.74, 6) is 0. The van der Waals surface area contributed by atoms with Gasteiger partial charge in [-0.3, -0.25) is 0 Å². The van der Waals surface area contributed by atoms with E-state index in [1.807, 2.05) is 12.2 Å². The largest absolute Gasteiger partial charge is 2.00 e. The van der Waals surface area contributed by atoms with Crippen LogP contribution in [0.1, 0.15) is 12.8 Å². The van der Waals surface area contributed by atoms with Gasteiger partial charge in [-0.25, -0.2) is 0 Å². The first-order chi connectivity index (χ1) is 4.41. The molecule has 0 nitrogen and oxygen atoms in total. The molecule has 0 aliphatic carbocycles. The van der Waals surface area contributed by atoms with Crippen molar-refractivity contribution in [2.75, 3.05) is 0 Å². The third kappa shape index (κ3) is 22.4. The SMILES string of the molecule is C=CCC[Se]CCC=C.[CH3-].[CH3-].[Pt+2]. The van der Waals surface area contributed by atoms with Crippen LogP contribution in [0.5, 0.6) is 0 Å². The molecule has 0 unspecified atom stereocenters. The fourth-order valence-electron chi connectivity index (χ4n) is 0.435. The van der Waals surface area contributed by atoms with Crippen LogP contribution in [0.3, 0.4) is 0 Å². The summed E-state index contributed by atoms with van der Waals surface area (Å²) in [6.07, 6.45) is 6.37. The third-order valence-electron chi connectivity index (χ3n) is 0.933. The number of rotatable bonds is 6. The fraction of sp³-hybridized carbons (Fsp3) is 0.400. The van der Waals surface area contributed by atoms with Crippen LogP contribution in [0.4, 0.5) is 0 Å². The smallest absolute Gasteiger partial charge is 0.358 e. The molecule has 0 atom stereocenters. The summed E-state index contributed by atoms with van der Waals surface area (Å²) in [4.78, 5) is 0. The Hall–Kier alpha value is 0.688. The normalized spacial score (nSPS) is 6.67. The molecule has 0 spiro atoms. The maximum Gasteiger partial charge on any atom is 2.00 e. The molecular weight excluding hydrogens is 394 g/mol. The molecule has 0 aliphatic heterocycles. The molecule has 0 N–H and O–H groups in total. The van der Waals surface area contributed by atoms with Crippen LogP contribution in [0.15, 0.2) is 25.3 Å². The summed E-state index contributed by atoms with van der Waals surface area (Å²) < 4.78 is 0.